The van der Waals surface area contributed by atoms with Crippen molar-refractivity contribution in [2.45, 2.75) is 61.3 Å². The topological polar surface area (TPSA) is 54.0 Å². The summed E-state index contributed by atoms with van der Waals surface area (Å²) in [5.41, 5.74) is 4.41. The smallest absolute Gasteiger partial charge is 0.319 e. The van der Waals surface area contributed by atoms with Crippen LogP contribution in [0.2, 0.25) is 0 Å². The zero-order chi connectivity index (χ0) is 20.9. The third kappa shape index (κ3) is 5.28. The van der Waals surface area contributed by atoms with E-state index in [1.165, 1.54) is 30.4 Å². The number of hydrogen-bond donors (Lipinski definition) is 2. The Morgan fingerprint density at radius 2 is 1.76 bits per heavy atom. The first-order valence-electron chi connectivity index (χ1n) is 10.2. The Morgan fingerprint density at radius 3 is 2.38 bits per heavy atom. The van der Waals surface area contributed by atoms with Crippen LogP contribution in [-0.4, -0.2) is 30.1 Å². The molecule has 1 saturated carbocycles. The van der Waals surface area contributed by atoms with Crippen LogP contribution < -0.4 is 10.6 Å². The molecule has 3 rings (SSSR count). The number of hydrogen-bond acceptors (Lipinski definition) is 4. The van der Waals surface area contributed by atoms with Crippen LogP contribution in [-0.2, 0) is 5.41 Å². The van der Waals surface area contributed by atoms with Crippen molar-refractivity contribution in [2.75, 3.05) is 24.4 Å². The highest BCUT2D eigenvalue weighted by atomic mass is 32.2. The van der Waals surface area contributed by atoms with Crippen LogP contribution in [0.25, 0.3) is 0 Å². The quantitative estimate of drug-likeness (QED) is 0.540. The van der Waals surface area contributed by atoms with Gasteiger partial charge in [0.25, 0.3) is 0 Å². The molecule has 1 aliphatic carbocycles. The molecule has 2 amide bonds. The summed E-state index contributed by atoms with van der Waals surface area (Å²) in [6, 6.07) is 10.7. The summed E-state index contributed by atoms with van der Waals surface area (Å²) < 4.78 is 0. The summed E-state index contributed by atoms with van der Waals surface area (Å²) in [7, 11) is 0. The fourth-order valence-corrected chi connectivity index (χ4v) is 5.46. The minimum atomic E-state index is -0.154. The monoisotopic (exact) mass is 429 g/mol. The maximum absolute atomic E-state index is 12.8. The molecule has 0 aliphatic heterocycles. The summed E-state index contributed by atoms with van der Waals surface area (Å²) in [4.78, 5) is 18.5. The van der Waals surface area contributed by atoms with Gasteiger partial charge in [-0.15, -0.1) is 23.5 Å². The predicted octanol–water partition coefficient (Wildman–Crippen LogP) is 6.17. The van der Waals surface area contributed by atoms with Crippen molar-refractivity contribution >= 4 is 35.2 Å². The Bertz CT molecular complexity index is 821. The molecular weight excluding hydrogens is 398 g/mol. The average molecular weight is 430 g/mol. The highest BCUT2D eigenvalue weighted by Crippen LogP contribution is 2.39. The largest absolute Gasteiger partial charge is 0.337 e. The lowest BCUT2D eigenvalue weighted by Crippen LogP contribution is -2.43. The predicted molar refractivity (Wildman–Crippen MR) is 125 cm³/mol. The molecule has 0 unspecified atom stereocenters. The number of anilines is 1. The van der Waals surface area contributed by atoms with Gasteiger partial charge in [0, 0.05) is 22.5 Å². The molecule has 1 fully saturated rings. The highest BCUT2D eigenvalue weighted by molar-refractivity contribution is 7.99. The van der Waals surface area contributed by atoms with Crippen molar-refractivity contribution < 1.29 is 4.79 Å². The van der Waals surface area contributed by atoms with Crippen LogP contribution in [0, 0.1) is 13.8 Å². The van der Waals surface area contributed by atoms with Gasteiger partial charge in [-0.1, -0.05) is 49.1 Å². The maximum atomic E-state index is 12.8. The number of rotatable bonds is 6. The number of urea groups is 1. The van der Waals surface area contributed by atoms with E-state index < -0.39 is 0 Å². The van der Waals surface area contributed by atoms with Gasteiger partial charge in [-0.25, -0.2) is 9.78 Å². The number of carbonyl (C=O) groups excluding carboxylic acids is 1. The van der Waals surface area contributed by atoms with Crippen molar-refractivity contribution in [3.8, 4) is 0 Å². The second kappa shape index (κ2) is 9.90. The minimum Gasteiger partial charge on any atom is -0.337 e. The molecule has 2 N–H and O–H groups in total. The van der Waals surface area contributed by atoms with Crippen LogP contribution >= 0.6 is 23.5 Å². The Kier molecular flexibility index (Phi) is 7.52. The standard InChI is InChI=1S/C23H31N3OS2/c1-16-8-10-18(11-9-16)23(12-6-5-7-13-23)15-24-22(27)26-20-19(28-3)14-17(2)25-21(20)29-4/h8-11,14H,5-7,12-13,15H2,1-4H3,(H2,24,26,27). The molecule has 0 saturated heterocycles. The Morgan fingerprint density at radius 1 is 1.07 bits per heavy atom. The number of nitrogens with zero attached hydrogens (tertiary/aromatic N) is 1. The number of aromatic nitrogens is 1. The van der Waals surface area contributed by atoms with Crippen LogP contribution in [0.3, 0.4) is 0 Å². The van der Waals surface area contributed by atoms with E-state index in [0.29, 0.717) is 6.54 Å². The van der Waals surface area contributed by atoms with Crippen LogP contribution in [0.1, 0.15) is 48.9 Å². The number of aryl methyl sites for hydroxylation is 2. The molecule has 1 heterocycles. The van der Waals surface area contributed by atoms with Gasteiger partial charge in [-0.2, -0.15) is 0 Å². The lowest BCUT2D eigenvalue weighted by molar-refractivity contribution is 0.240. The molecule has 29 heavy (non-hydrogen) atoms. The molecule has 0 bridgehead atoms. The maximum Gasteiger partial charge on any atom is 0.319 e. The molecule has 1 aromatic carbocycles. The zero-order valence-electron chi connectivity index (χ0n) is 17.8. The summed E-state index contributed by atoms with van der Waals surface area (Å²) in [6.07, 6.45) is 9.96. The van der Waals surface area contributed by atoms with Crippen LogP contribution in [0.15, 0.2) is 40.3 Å². The molecule has 156 valence electrons. The molecule has 6 heteroatoms. The van der Waals surface area contributed by atoms with E-state index >= 15 is 0 Å². The summed E-state index contributed by atoms with van der Waals surface area (Å²) in [5.74, 6) is 0. The lowest BCUT2D eigenvalue weighted by atomic mass is 9.69. The third-order valence-electron chi connectivity index (χ3n) is 5.79. The number of thioether (sulfide) groups is 2. The van der Waals surface area contributed by atoms with Gasteiger partial charge < -0.3 is 10.6 Å². The van der Waals surface area contributed by atoms with Crippen molar-refractivity contribution in [1.29, 1.82) is 0 Å². The van der Waals surface area contributed by atoms with Crippen molar-refractivity contribution in [3.63, 3.8) is 0 Å². The first kappa shape index (κ1) is 22.0. The SMILES string of the molecule is CSc1cc(C)nc(SC)c1NC(=O)NCC1(c2ccc(C)cc2)CCCCC1. The number of nitrogens with one attached hydrogen (secondary N) is 2. The van der Waals surface area contributed by atoms with Gasteiger partial charge in [-0.05, 0) is 50.8 Å². The summed E-state index contributed by atoms with van der Waals surface area (Å²) >= 11 is 3.19. The van der Waals surface area contributed by atoms with E-state index in [-0.39, 0.29) is 11.4 Å². The molecule has 0 atom stereocenters. The second-order valence-corrected chi connectivity index (χ2v) is 9.51. The van der Waals surface area contributed by atoms with E-state index in [2.05, 4.69) is 46.8 Å². The lowest BCUT2D eigenvalue weighted by Gasteiger charge is -2.38. The second-order valence-electron chi connectivity index (χ2n) is 7.86. The molecular formula is C23H31N3OS2. The van der Waals surface area contributed by atoms with Crippen molar-refractivity contribution in [2.24, 2.45) is 0 Å². The molecule has 1 aliphatic rings. The van der Waals surface area contributed by atoms with Gasteiger partial charge in [0.1, 0.15) is 5.03 Å². The highest BCUT2D eigenvalue weighted by Gasteiger charge is 2.34. The molecule has 1 aromatic heterocycles. The Balaban J connectivity index is 1.75. The normalized spacial score (nSPS) is 15.7. The number of benzene rings is 1. The van der Waals surface area contributed by atoms with Crippen LogP contribution in [0.4, 0.5) is 10.5 Å². The zero-order valence-corrected chi connectivity index (χ0v) is 19.4. The molecule has 2 aromatic rings. The third-order valence-corrected chi connectivity index (χ3v) is 7.24. The fourth-order valence-electron chi connectivity index (χ4n) is 4.15. The fraction of sp³-hybridized carbons (Fsp3) is 0.478. The van der Waals surface area contributed by atoms with Gasteiger partial charge in [0.2, 0.25) is 0 Å². The van der Waals surface area contributed by atoms with Crippen LogP contribution in [0.5, 0.6) is 0 Å². The van der Waals surface area contributed by atoms with Gasteiger partial charge in [-0.3, -0.25) is 0 Å². The van der Waals surface area contributed by atoms with E-state index in [9.17, 15) is 4.79 Å². The number of carbonyl (C=O) groups is 1. The van der Waals surface area contributed by atoms with E-state index in [1.54, 1.807) is 23.5 Å². The first-order valence-corrected chi connectivity index (χ1v) is 12.6. The first-order chi connectivity index (χ1) is 14.0. The summed E-state index contributed by atoms with van der Waals surface area (Å²) in [5, 5.41) is 7.10. The minimum absolute atomic E-state index is 0.0273. The van der Waals surface area contributed by atoms with E-state index in [4.69, 9.17) is 0 Å². The van der Waals surface area contributed by atoms with E-state index in [1.807, 2.05) is 25.5 Å². The molecule has 4 nitrogen and oxygen atoms in total. The average Bonchev–Trinajstić information content (AvgIpc) is 2.74. The molecule has 0 spiro atoms. The molecule has 0 radical (unpaired) electrons. The van der Waals surface area contributed by atoms with Crippen molar-refractivity contribution in [1.82, 2.24) is 10.3 Å². The van der Waals surface area contributed by atoms with Gasteiger partial charge >= 0.3 is 6.03 Å². The number of pyridine rings is 1. The van der Waals surface area contributed by atoms with E-state index in [0.717, 1.165) is 34.1 Å². The Hall–Kier alpha value is -1.66. The number of amides is 2. The Labute approximate surface area is 183 Å². The van der Waals surface area contributed by atoms with Crippen molar-refractivity contribution in [3.05, 3.63) is 47.2 Å². The van der Waals surface area contributed by atoms with Gasteiger partial charge in [0.15, 0.2) is 0 Å². The van der Waals surface area contributed by atoms with Gasteiger partial charge in [0.05, 0.1) is 5.69 Å². The summed E-state index contributed by atoms with van der Waals surface area (Å²) in [6.45, 7) is 4.76.